The molecule has 2 saturated heterocycles. The number of rotatable bonds is 4. The van der Waals surface area contributed by atoms with Crippen LogP contribution in [0.3, 0.4) is 0 Å². The number of anilines is 1. The van der Waals surface area contributed by atoms with Crippen molar-refractivity contribution in [1.29, 1.82) is 0 Å². The number of fused-ring (bicyclic) bond motifs is 1. The van der Waals surface area contributed by atoms with Crippen LogP contribution in [-0.4, -0.2) is 68.2 Å². The van der Waals surface area contributed by atoms with E-state index in [0.717, 1.165) is 18.9 Å². The number of aryl methyl sites for hydroxylation is 1. The van der Waals surface area contributed by atoms with E-state index in [9.17, 15) is 8.42 Å². The van der Waals surface area contributed by atoms with Crippen molar-refractivity contribution < 1.29 is 8.42 Å². The Balaban J connectivity index is 1.31. The monoisotopic (exact) mass is 400 g/mol. The lowest BCUT2D eigenvalue weighted by Gasteiger charge is -2.21. The van der Waals surface area contributed by atoms with Crippen LogP contribution < -0.4 is 4.90 Å². The van der Waals surface area contributed by atoms with Crippen molar-refractivity contribution in [2.24, 2.45) is 18.9 Å². The summed E-state index contributed by atoms with van der Waals surface area (Å²) in [6, 6.07) is 3.76. The van der Waals surface area contributed by atoms with E-state index in [0.29, 0.717) is 18.9 Å². The van der Waals surface area contributed by atoms with Crippen LogP contribution in [0.4, 0.5) is 5.82 Å². The van der Waals surface area contributed by atoms with Gasteiger partial charge in [0.1, 0.15) is 12.1 Å². The van der Waals surface area contributed by atoms with Crippen molar-refractivity contribution in [1.82, 2.24) is 33.6 Å². The fraction of sp³-hybridized carbons (Fsp3) is 0.412. The zero-order valence-corrected chi connectivity index (χ0v) is 16.1. The Morgan fingerprint density at radius 2 is 1.79 bits per heavy atom. The van der Waals surface area contributed by atoms with E-state index in [2.05, 4.69) is 25.0 Å². The van der Waals surface area contributed by atoms with Gasteiger partial charge in [0.05, 0.1) is 6.33 Å². The molecule has 0 N–H and O–H groups in total. The predicted molar refractivity (Wildman–Crippen MR) is 100 cm³/mol. The molecule has 11 heteroatoms. The van der Waals surface area contributed by atoms with Crippen LogP contribution in [-0.2, 0) is 17.1 Å². The number of nitrogens with zero attached hydrogens (tertiary/aromatic N) is 8. The standard InChI is InChI=1S/C17H20N8O2S/c1-22-10-17(20-12-22)28(26,27)24-8-13-6-23(7-14(13)9-24)15-5-16(19-11-18-15)25-4-2-3-21-25/h2-5,10-14H,6-9H2,1H3. The summed E-state index contributed by atoms with van der Waals surface area (Å²) in [7, 11) is -1.77. The minimum atomic E-state index is -3.53. The average molecular weight is 400 g/mol. The van der Waals surface area contributed by atoms with E-state index in [1.165, 1.54) is 12.7 Å². The van der Waals surface area contributed by atoms with Crippen LogP contribution in [0, 0.1) is 11.8 Å². The summed E-state index contributed by atoms with van der Waals surface area (Å²) < 4.78 is 30.5. The fourth-order valence-corrected chi connectivity index (χ4v) is 5.55. The van der Waals surface area contributed by atoms with Crippen molar-refractivity contribution >= 4 is 15.8 Å². The van der Waals surface area contributed by atoms with Crippen LogP contribution in [0.1, 0.15) is 0 Å². The van der Waals surface area contributed by atoms with E-state index in [-0.39, 0.29) is 16.9 Å². The lowest BCUT2D eigenvalue weighted by atomic mass is 10.0. The van der Waals surface area contributed by atoms with Gasteiger partial charge < -0.3 is 9.47 Å². The quantitative estimate of drug-likeness (QED) is 0.614. The molecule has 28 heavy (non-hydrogen) atoms. The van der Waals surface area contributed by atoms with Crippen LogP contribution >= 0.6 is 0 Å². The molecular weight excluding hydrogens is 380 g/mol. The van der Waals surface area contributed by atoms with E-state index >= 15 is 0 Å². The summed E-state index contributed by atoms with van der Waals surface area (Å²) >= 11 is 0. The summed E-state index contributed by atoms with van der Waals surface area (Å²) in [5, 5.41) is 4.32. The first-order chi connectivity index (χ1) is 13.5. The molecule has 2 unspecified atom stereocenters. The first-order valence-corrected chi connectivity index (χ1v) is 10.5. The van der Waals surface area contributed by atoms with Gasteiger partial charge in [-0.15, -0.1) is 0 Å². The molecular formula is C17H20N8O2S. The molecule has 0 aliphatic carbocycles. The van der Waals surface area contributed by atoms with Gasteiger partial charge in [0.2, 0.25) is 0 Å². The number of aromatic nitrogens is 6. The highest BCUT2D eigenvalue weighted by Gasteiger charge is 2.45. The Kier molecular flexibility index (Phi) is 3.95. The molecule has 0 amide bonds. The average Bonchev–Trinajstić information content (AvgIpc) is 3.44. The Bertz CT molecular complexity index is 1080. The van der Waals surface area contributed by atoms with Crippen LogP contribution in [0.2, 0.25) is 0 Å². The van der Waals surface area contributed by atoms with Crippen LogP contribution in [0.25, 0.3) is 5.82 Å². The third-order valence-corrected chi connectivity index (χ3v) is 7.16. The molecule has 0 radical (unpaired) electrons. The molecule has 2 atom stereocenters. The first kappa shape index (κ1) is 17.3. The molecule has 146 valence electrons. The van der Waals surface area contributed by atoms with Gasteiger partial charge in [-0.2, -0.15) is 9.40 Å². The summed E-state index contributed by atoms with van der Waals surface area (Å²) in [6.45, 7) is 2.57. The largest absolute Gasteiger partial charge is 0.356 e. The molecule has 0 aromatic carbocycles. The van der Waals surface area contributed by atoms with Gasteiger partial charge in [0.15, 0.2) is 10.8 Å². The van der Waals surface area contributed by atoms with Crippen molar-refractivity contribution in [2.75, 3.05) is 31.1 Å². The third-order valence-electron chi connectivity index (χ3n) is 5.44. The Labute approximate surface area is 162 Å². The van der Waals surface area contributed by atoms with Gasteiger partial charge >= 0.3 is 0 Å². The Hall–Kier alpha value is -2.79. The maximum Gasteiger partial charge on any atom is 0.262 e. The van der Waals surface area contributed by atoms with Gasteiger partial charge in [-0.3, -0.25) is 0 Å². The maximum atomic E-state index is 12.8. The maximum absolute atomic E-state index is 12.8. The van der Waals surface area contributed by atoms with E-state index in [1.54, 1.807) is 33.0 Å². The lowest BCUT2D eigenvalue weighted by molar-refractivity contribution is 0.451. The molecule has 5 rings (SSSR count). The molecule has 0 bridgehead atoms. The molecule has 2 aliphatic rings. The normalized spacial score (nSPS) is 22.7. The van der Waals surface area contributed by atoms with Crippen LogP contribution in [0.15, 0.2) is 48.4 Å². The van der Waals surface area contributed by atoms with Crippen LogP contribution in [0.5, 0.6) is 0 Å². The van der Waals surface area contributed by atoms with Crippen molar-refractivity contribution in [3.63, 3.8) is 0 Å². The number of imidazole rings is 1. The van der Waals surface area contributed by atoms with Crippen molar-refractivity contribution in [3.05, 3.63) is 43.4 Å². The highest BCUT2D eigenvalue weighted by molar-refractivity contribution is 7.89. The zero-order chi connectivity index (χ0) is 19.3. The summed E-state index contributed by atoms with van der Waals surface area (Å²) in [6.07, 6.45) is 8.15. The molecule has 5 heterocycles. The second-order valence-electron chi connectivity index (χ2n) is 7.31. The molecule has 2 fully saturated rings. The highest BCUT2D eigenvalue weighted by atomic mass is 32.2. The lowest BCUT2D eigenvalue weighted by Crippen LogP contribution is -2.33. The summed E-state index contributed by atoms with van der Waals surface area (Å²) in [4.78, 5) is 14.9. The molecule has 3 aromatic heterocycles. The van der Waals surface area contributed by atoms with Gasteiger partial charge in [0, 0.05) is 57.9 Å². The summed E-state index contributed by atoms with van der Waals surface area (Å²) in [5.41, 5.74) is 0. The fourth-order valence-electron chi connectivity index (χ4n) is 4.03. The minimum Gasteiger partial charge on any atom is -0.356 e. The predicted octanol–water partition coefficient (Wildman–Crippen LogP) is 0.153. The number of sulfonamides is 1. The van der Waals surface area contributed by atoms with E-state index in [1.807, 2.05) is 18.3 Å². The second-order valence-corrected chi connectivity index (χ2v) is 9.19. The van der Waals surface area contributed by atoms with Gasteiger partial charge in [-0.1, -0.05) is 0 Å². The summed E-state index contributed by atoms with van der Waals surface area (Å²) in [5.74, 6) is 2.11. The van der Waals surface area contributed by atoms with Gasteiger partial charge in [-0.05, 0) is 17.9 Å². The second kappa shape index (κ2) is 6.38. The number of hydrogen-bond acceptors (Lipinski definition) is 7. The zero-order valence-electron chi connectivity index (χ0n) is 15.3. The first-order valence-electron chi connectivity index (χ1n) is 9.06. The van der Waals surface area contributed by atoms with E-state index in [4.69, 9.17) is 0 Å². The van der Waals surface area contributed by atoms with Crippen molar-refractivity contribution in [3.8, 4) is 5.82 Å². The Morgan fingerprint density at radius 1 is 1.04 bits per heavy atom. The smallest absolute Gasteiger partial charge is 0.262 e. The SMILES string of the molecule is Cn1cnc(S(=O)(=O)N2CC3CN(c4cc(-n5cccn5)ncn4)CC3C2)c1. The molecule has 0 spiro atoms. The molecule has 0 saturated carbocycles. The number of hydrogen-bond donors (Lipinski definition) is 0. The van der Waals surface area contributed by atoms with Gasteiger partial charge in [-0.25, -0.2) is 28.1 Å². The molecule has 10 nitrogen and oxygen atoms in total. The Morgan fingerprint density at radius 3 is 2.43 bits per heavy atom. The topological polar surface area (TPSA) is 102 Å². The van der Waals surface area contributed by atoms with E-state index < -0.39 is 10.0 Å². The highest BCUT2D eigenvalue weighted by Crippen LogP contribution is 2.35. The third kappa shape index (κ3) is 2.87. The molecule has 3 aromatic rings. The van der Waals surface area contributed by atoms with Gasteiger partial charge in [0.25, 0.3) is 10.0 Å². The van der Waals surface area contributed by atoms with Crippen molar-refractivity contribution in [2.45, 2.75) is 5.03 Å². The minimum absolute atomic E-state index is 0.117. The molecule has 2 aliphatic heterocycles.